The van der Waals surface area contributed by atoms with E-state index < -0.39 is 61.6 Å². The maximum Gasteiger partial charge on any atom is 0.198 e. The van der Waals surface area contributed by atoms with Gasteiger partial charge in [0.1, 0.15) is 16.6 Å². The normalized spacial score (nSPS) is 44.8. The molecule has 5 saturated carbocycles. The van der Waals surface area contributed by atoms with E-state index >= 15 is 14.4 Å². The number of rotatable bonds is 8. The second-order valence-electron chi connectivity index (χ2n) is 17.0. The summed E-state index contributed by atoms with van der Waals surface area (Å²) in [6.45, 7) is 17.4. The number of allylic oxidation sites excluding steroid dienone is 3. The summed E-state index contributed by atoms with van der Waals surface area (Å²) in [7, 11) is 0. The lowest BCUT2D eigenvalue weighted by Gasteiger charge is -2.71. The monoisotopic (exact) mass is 632 g/mol. The van der Waals surface area contributed by atoms with E-state index in [-0.39, 0.29) is 48.2 Å². The Labute approximate surface area is 271 Å². The highest BCUT2D eigenvalue weighted by Gasteiger charge is 2.97. The molecule has 46 heavy (non-hydrogen) atoms. The lowest BCUT2D eigenvalue weighted by atomic mass is 9.32. The van der Waals surface area contributed by atoms with Gasteiger partial charge in [0.2, 0.25) is 0 Å². The lowest BCUT2D eigenvalue weighted by molar-refractivity contribution is -0.384. The minimum absolute atomic E-state index is 0.00377. The van der Waals surface area contributed by atoms with Crippen molar-refractivity contribution in [3.63, 3.8) is 0 Å². The van der Waals surface area contributed by atoms with Crippen LogP contribution in [-0.4, -0.2) is 55.3 Å². The van der Waals surface area contributed by atoms with E-state index in [9.17, 15) is 15.3 Å². The quantitative estimate of drug-likeness (QED) is 0.131. The van der Waals surface area contributed by atoms with E-state index in [0.29, 0.717) is 19.3 Å². The predicted molar refractivity (Wildman–Crippen MR) is 170 cm³/mol. The number of Topliss-reactive ketones (excluding diaryl/α,β-unsaturated/α-hetero) is 3. The first-order chi connectivity index (χ1) is 21.2. The van der Waals surface area contributed by atoms with Gasteiger partial charge in [-0.3, -0.25) is 14.4 Å². The zero-order valence-electron chi connectivity index (χ0n) is 28.2. The van der Waals surface area contributed by atoms with Crippen molar-refractivity contribution < 1.29 is 39.2 Å². The Morgan fingerprint density at radius 3 is 2.33 bits per heavy atom. The third-order valence-electron chi connectivity index (χ3n) is 13.6. The van der Waals surface area contributed by atoms with E-state index in [1.54, 1.807) is 13.8 Å². The summed E-state index contributed by atoms with van der Waals surface area (Å²) in [6, 6.07) is 3.90. The summed E-state index contributed by atoms with van der Waals surface area (Å²) >= 11 is 0. The number of ketones is 3. The molecule has 8 fully saturated rings. The number of aliphatic hydroxyl groups is 1. The zero-order chi connectivity index (χ0) is 33.7. The van der Waals surface area contributed by atoms with Crippen LogP contribution in [0.5, 0.6) is 11.5 Å². The van der Waals surface area contributed by atoms with Gasteiger partial charge in [0.05, 0.1) is 16.4 Å². The first kappa shape index (κ1) is 31.8. The molecule has 9 rings (SSSR count). The summed E-state index contributed by atoms with van der Waals surface area (Å²) in [5.74, 6) is -3.83. The number of ether oxygens (including phenoxy) is 2. The fourth-order valence-corrected chi connectivity index (χ4v) is 11.8. The SMILES string of the molecule is C=C(C)CC[C@H]1C[C@@]23C[C@H]4C[C@@]5(C(C)(C)O)O[C@]26[C@](C(=O)c2ccc(O)c(O)c2)(C[C@]4(C)O5)C(=O)[C@@](CC=C(C)C)(C[C@]16C)C3=O. The van der Waals surface area contributed by atoms with Gasteiger partial charge in [0, 0.05) is 17.4 Å². The van der Waals surface area contributed by atoms with Crippen LogP contribution in [-0.2, 0) is 19.1 Å². The molecular formula is C38H48O8. The molecule has 0 unspecified atom stereocenters. The molecule has 5 aliphatic carbocycles. The second kappa shape index (κ2) is 9.00. The zero-order valence-corrected chi connectivity index (χ0v) is 28.2. The molecule has 8 heteroatoms. The Hall–Kier alpha value is -2.81. The maximum absolute atomic E-state index is 15.8. The van der Waals surface area contributed by atoms with Crippen molar-refractivity contribution in [3.8, 4) is 11.5 Å². The van der Waals surface area contributed by atoms with Crippen molar-refractivity contribution in [1.82, 2.24) is 0 Å². The number of hydrogen-bond acceptors (Lipinski definition) is 8. The van der Waals surface area contributed by atoms with Crippen LogP contribution in [0.3, 0.4) is 0 Å². The van der Waals surface area contributed by atoms with Gasteiger partial charge in [-0.1, -0.05) is 24.1 Å². The van der Waals surface area contributed by atoms with Crippen molar-refractivity contribution in [1.29, 1.82) is 0 Å². The van der Waals surface area contributed by atoms with E-state index in [4.69, 9.17) is 9.47 Å². The van der Waals surface area contributed by atoms with Crippen molar-refractivity contribution in [2.45, 2.75) is 122 Å². The maximum atomic E-state index is 15.8. The highest BCUT2D eigenvalue weighted by Crippen LogP contribution is 2.87. The minimum Gasteiger partial charge on any atom is -0.504 e. The van der Waals surface area contributed by atoms with Gasteiger partial charge < -0.3 is 24.8 Å². The van der Waals surface area contributed by atoms with Gasteiger partial charge in [-0.15, -0.1) is 6.58 Å². The Balaban J connectivity index is 1.62. The molecule has 9 atom stereocenters. The highest BCUT2D eigenvalue weighted by atomic mass is 16.7. The molecule has 3 aliphatic heterocycles. The first-order valence-electron chi connectivity index (χ1n) is 16.8. The van der Waals surface area contributed by atoms with Crippen molar-refractivity contribution >= 4 is 17.3 Å². The van der Waals surface area contributed by atoms with Crippen LogP contribution in [0.2, 0.25) is 0 Å². The summed E-state index contributed by atoms with van der Waals surface area (Å²) in [4.78, 5) is 46.9. The highest BCUT2D eigenvalue weighted by molar-refractivity contribution is 6.28. The third kappa shape index (κ3) is 3.29. The molecule has 1 aromatic rings. The van der Waals surface area contributed by atoms with Gasteiger partial charge in [-0.2, -0.15) is 0 Å². The van der Waals surface area contributed by atoms with E-state index in [1.807, 2.05) is 33.8 Å². The third-order valence-corrected chi connectivity index (χ3v) is 13.6. The number of benzene rings is 1. The number of phenolic OH excluding ortho intramolecular Hbond substituents is 2. The fourth-order valence-electron chi connectivity index (χ4n) is 11.8. The summed E-state index contributed by atoms with van der Waals surface area (Å²) in [6.07, 6.45) is 5.07. The minimum atomic E-state index is -1.86. The van der Waals surface area contributed by atoms with Crippen LogP contribution in [0.1, 0.15) is 110 Å². The molecule has 0 radical (unpaired) electrons. The van der Waals surface area contributed by atoms with Crippen LogP contribution in [0, 0.1) is 33.5 Å². The molecule has 3 N–H and O–H groups in total. The molecule has 3 saturated heterocycles. The predicted octanol–water partition coefficient (Wildman–Crippen LogP) is 6.36. The van der Waals surface area contributed by atoms with Gasteiger partial charge >= 0.3 is 0 Å². The molecular weight excluding hydrogens is 584 g/mol. The Morgan fingerprint density at radius 1 is 1.02 bits per heavy atom. The van der Waals surface area contributed by atoms with Crippen molar-refractivity contribution in [2.75, 3.05) is 0 Å². The topological polar surface area (TPSA) is 130 Å². The molecule has 1 spiro atoms. The van der Waals surface area contributed by atoms with Gasteiger partial charge in [-0.05, 0) is 117 Å². The summed E-state index contributed by atoms with van der Waals surface area (Å²) in [5.41, 5.74) is -7.48. The van der Waals surface area contributed by atoms with Crippen LogP contribution < -0.4 is 0 Å². The van der Waals surface area contributed by atoms with Crippen LogP contribution in [0.15, 0.2) is 42.0 Å². The van der Waals surface area contributed by atoms with E-state index in [1.165, 1.54) is 18.2 Å². The van der Waals surface area contributed by atoms with E-state index in [2.05, 4.69) is 13.5 Å². The average molecular weight is 633 g/mol. The number of carbonyl (C=O) groups is 3. The fraction of sp³-hybridized carbons (Fsp3) is 0.658. The average Bonchev–Trinajstić information content (AvgIpc) is 3.14. The van der Waals surface area contributed by atoms with Gasteiger partial charge in [0.15, 0.2) is 34.6 Å². The van der Waals surface area contributed by atoms with Gasteiger partial charge in [0.25, 0.3) is 0 Å². The molecule has 8 aliphatic rings. The van der Waals surface area contributed by atoms with Crippen LogP contribution in [0.25, 0.3) is 0 Å². The molecule has 8 bridgehead atoms. The number of hydrogen-bond donors (Lipinski definition) is 3. The summed E-state index contributed by atoms with van der Waals surface area (Å²) in [5, 5.41) is 32.6. The molecule has 3 heterocycles. The van der Waals surface area contributed by atoms with Crippen molar-refractivity contribution in [2.24, 2.45) is 33.5 Å². The first-order valence-corrected chi connectivity index (χ1v) is 16.8. The van der Waals surface area contributed by atoms with E-state index in [0.717, 1.165) is 24.0 Å². The molecule has 248 valence electrons. The number of carbonyl (C=O) groups excluding carboxylic acids is 3. The van der Waals surface area contributed by atoms with Crippen LogP contribution >= 0.6 is 0 Å². The standard InChI is InChI=1S/C38H48O8/c1-21(2)9-11-24-16-35-17-25-18-37(31(5,6)44)45-33(25,8)20-36(28(41)23-10-12-26(39)27(40)15-23)30(43)34(29(35)42,14-13-22(3)4)19-32(24,7)38(35,36)46-37/h10,12-13,15,24-25,39-40,44H,1,9,11,14,16-20H2,2-8H3/t24-,25-,32+,33-,34-,35-,36-,37-,38-/m0/s1. The Kier molecular flexibility index (Phi) is 6.22. The molecule has 0 amide bonds. The number of aromatic hydroxyl groups is 2. The second-order valence-corrected chi connectivity index (χ2v) is 17.0. The van der Waals surface area contributed by atoms with Crippen LogP contribution in [0.4, 0.5) is 0 Å². The molecule has 8 nitrogen and oxygen atoms in total. The largest absolute Gasteiger partial charge is 0.504 e. The Morgan fingerprint density at radius 2 is 1.72 bits per heavy atom. The Bertz CT molecular complexity index is 1650. The van der Waals surface area contributed by atoms with Crippen molar-refractivity contribution in [3.05, 3.63) is 47.6 Å². The summed E-state index contributed by atoms with van der Waals surface area (Å²) < 4.78 is 14.4. The smallest absolute Gasteiger partial charge is 0.198 e. The lowest BCUT2D eigenvalue weighted by Crippen LogP contribution is -2.85. The number of phenols is 2. The molecule has 1 aromatic carbocycles. The molecule has 0 aromatic heterocycles. The van der Waals surface area contributed by atoms with Gasteiger partial charge in [-0.25, -0.2) is 0 Å².